The number of carbonyl (C=O) groups is 2. The van der Waals surface area contributed by atoms with E-state index in [1.54, 1.807) is 32.1 Å². The molecule has 1 aliphatic rings. The van der Waals surface area contributed by atoms with Crippen LogP contribution in [0.2, 0.25) is 0 Å². The lowest BCUT2D eigenvalue weighted by Gasteiger charge is -2.34. The molecule has 1 aromatic rings. The van der Waals surface area contributed by atoms with E-state index in [1.165, 1.54) is 0 Å². The van der Waals surface area contributed by atoms with Crippen molar-refractivity contribution < 1.29 is 24.5 Å². The standard InChI is InChI=1S/C25H37NO5S/c1-16-10-8-6-7-9-11-20(13-12-19-15-32-18(3)26-19)31-22(28)14-21(27)25(4,5)24(30)17(2)23(16)29/h7,9,12-13,15-17,20-21,23,27,29H,6,8,10-11,14H2,1-5H3/t16-,17-,20+,21+,23+/m1/s1. The fraction of sp³-hybridized carbons (Fsp3) is 0.640. The highest BCUT2D eigenvalue weighted by atomic mass is 32.1. The lowest BCUT2D eigenvalue weighted by atomic mass is 9.73. The summed E-state index contributed by atoms with van der Waals surface area (Å²) < 4.78 is 5.62. The molecule has 32 heavy (non-hydrogen) atoms. The Balaban J connectivity index is 2.21. The van der Waals surface area contributed by atoms with E-state index in [4.69, 9.17) is 4.74 Å². The molecule has 0 spiro atoms. The van der Waals surface area contributed by atoms with Crippen molar-refractivity contribution in [2.75, 3.05) is 0 Å². The number of cyclic esters (lactones) is 1. The number of hydrogen-bond donors (Lipinski definition) is 2. The van der Waals surface area contributed by atoms with Crippen LogP contribution in [-0.2, 0) is 14.3 Å². The summed E-state index contributed by atoms with van der Waals surface area (Å²) >= 11 is 1.55. The minimum atomic E-state index is -1.21. The van der Waals surface area contributed by atoms with Gasteiger partial charge in [0.1, 0.15) is 11.9 Å². The molecular weight excluding hydrogens is 426 g/mol. The number of carbonyl (C=O) groups excluding carboxylic acids is 2. The highest BCUT2D eigenvalue weighted by molar-refractivity contribution is 7.09. The molecule has 2 N–H and O–H groups in total. The molecule has 0 saturated carbocycles. The number of ether oxygens (including phenoxy) is 1. The van der Waals surface area contributed by atoms with Crippen LogP contribution < -0.4 is 0 Å². The maximum Gasteiger partial charge on any atom is 0.309 e. The zero-order valence-corrected chi connectivity index (χ0v) is 20.6. The number of aliphatic hydroxyl groups is 2. The summed E-state index contributed by atoms with van der Waals surface area (Å²) in [5, 5.41) is 24.3. The number of Topliss-reactive ketones (excluding diaryl/α,β-unsaturated/α-hetero) is 1. The maximum atomic E-state index is 13.1. The number of nitrogens with zero attached hydrogens (tertiary/aromatic N) is 1. The smallest absolute Gasteiger partial charge is 0.309 e. The average molecular weight is 464 g/mol. The van der Waals surface area contributed by atoms with Gasteiger partial charge >= 0.3 is 5.97 Å². The van der Waals surface area contributed by atoms with Crippen LogP contribution in [0.3, 0.4) is 0 Å². The summed E-state index contributed by atoms with van der Waals surface area (Å²) in [6, 6.07) is 0. The highest BCUT2D eigenvalue weighted by Gasteiger charge is 2.42. The molecule has 5 atom stereocenters. The van der Waals surface area contributed by atoms with Gasteiger partial charge in [-0.1, -0.05) is 39.8 Å². The SMILES string of the molecule is Cc1nc(C=C[C@@H]2CC=CCCC[C@@H](C)[C@H](O)[C@@H](C)C(=O)C(C)(C)[C@@H](O)CC(=O)O2)cs1. The molecule has 0 aromatic carbocycles. The lowest BCUT2D eigenvalue weighted by Crippen LogP contribution is -2.45. The fourth-order valence-electron chi connectivity index (χ4n) is 3.93. The third kappa shape index (κ3) is 7.36. The van der Waals surface area contributed by atoms with Crippen molar-refractivity contribution in [2.24, 2.45) is 17.3 Å². The van der Waals surface area contributed by atoms with Gasteiger partial charge in [0.2, 0.25) is 0 Å². The molecule has 0 aliphatic carbocycles. The molecule has 0 amide bonds. The first kappa shape index (κ1) is 26.4. The molecule has 178 valence electrons. The summed E-state index contributed by atoms with van der Waals surface area (Å²) in [6.07, 6.45) is 7.97. The molecule has 0 unspecified atom stereocenters. The molecule has 1 aliphatic heterocycles. The molecule has 0 saturated heterocycles. The van der Waals surface area contributed by atoms with Crippen molar-refractivity contribution in [2.45, 2.75) is 85.0 Å². The number of ketones is 1. The molecule has 2 heterocycles. The average Bonchev–Trinajstić information content (AvgIpc) is 3.16. The van der Waals surface area contributed by atoms with Crippen LogP contribution in [0.25, 0.3) is 6.08 Å². The highest BCUT2D eigenvalue weighted by Crippen LogP contribution is 2.32. The zero-order valence-electron chi connectivity index (χ0n) is 19.8. The van der Waals surface area contributed by atoms with Gasteiger partial charge in [-0.15, -0.1) is 11.3 Å². The second kappa shape index (κ2) is 11.9. The van der Waals surface area contributed by atoms with Gasteiger partial charge in [0.05, 0.1) is 34.7 Å². The normalized spacial score (nSPS) is 31.0. The number of aliphatic hydroxyl groups excluding tert-OH is 2. The summed E-state index contributed by atoms with van der Waals surface area (Å²) in [4.78, 5) is 30.0. The van der Waals surface area contributed by atoms with Crippen LogP contribution in [0.15, 0.2) is 23.6 Å². The first-order valence-electron chi connectivity index (χ1n) is 11.4. The van der Waals surface area contributed by atoms with E-state index in [-0.39, 0.29) is 18.1 Å². The number of aromatic nitrogens is 1. The van der Waals surface area contributed by atoms with E-state index < -0.39 is 35.6 Å². The third-order valence-corrected chi connectivity index (χ3v) is 7.10. The monoisotopic (exact) mass is 463 g/mol. The van der Waals surface area contributed by atoms with E-state index in [2.05, 4.69) is 11.1 Å². The molecule has 1 aromatic heterocycles. The van der Waals surface area contributed by atoms with Crippen molar-refractivity contribution in [3.63, 3.8) is 0 Å². The van der Waals surface area contributed by atoms with Crippen LogP contribution in [0.1, 0.15) is 70.5 Å². The van der Waals surface area contributed by atoms with Gasteiger partial charge in [-0.2, -0.15) is 0 Å². The number of hydrogen-bond acceptors (Lipinski definition) is 7. The molecular formula is C25H37NO5S. The predicted molar refractivity (Wildman–Crippen MR) is 127 cm³/mol. The van der Waals surface area contributed by atoms with Gasteiger partial charge in [-0.05, 0) is 44.3 Å². The van der Waals surface area contributed by atoms with Gasteiger partial charge in [0.15, 0.2) is 0 Å². The Morgan fingerprint density at radius 3 is 2.59 bits per heavy atom. The Morgan fingerprint density at radius 2 is 1.94 bits per heavy atom. The minimum absolute atomic E-state index is 0.0367. The van der Waals surface area contributed by atoms with Crippen molar-refractivity contribution in [3.05, 3.63) is 34.3 Å². The topological polar surface area (TPSA) is 96.7 Å². The van der Waals surface area contributed by atoms with E-state index in [9.17, 15) is 19.8 Å². The number of thiazole rings is 1. The number of aryl methyl sites for hydroxylation is 1. The fourth-order valence-corrected chi connectivity index (χ4v) is 4.51. The molecule has 0 fully saturated rings. The van der Waals surface area contributed by atoms with Gasteiger partial charge < -0.3 is 14.9 Å². The van der Waals surface area contributed by atoms with Crippen LogP contribution >= 0.6 is 11.3 Å². The van der Waals surface area contributed by atoms with E-state index in [1.807, 2.05) is 37.5 Å². The van der Waals surface area contributed by atoms with Crippen molar-refractivity contribution in [1.82, 2.24) is 4.98 Å². The number of allylic oxidation sites excluding steroid dienone is 1. The van der Waals surface area contributed by atoms with Crippen molar-refractivity contribution in [3.8, 4) is 0 Å². The molecule has 0 radical (unpaired) electrons. The third-order valence-electron chi connectivity index (χ3n) is 6.30. The molecule has 6 nitrogen and oxygen atoms in total. The Labute approximate surface area is 195 Å². The van der Waals surface area contributed by atoms with Gasteiger partial charge in [0.25, 0.3) is 0 Å². The van der Waals surface area contributed by atoms with E-state index in [0.717, 1.165) is 30.0 Å². The van der Waals surface area contributed by atoms with Crippen molar-refractivity contribution >= 4 is 29.2 Å². The Morgan fingerprint density at radius 1 is 1.22 bits per heavy atom. The largest absolute Gasteiger partial charge is 0.458 e. The quantitative estimate of drug-likeness (QED) is 0.496. The second-order valence-electron chi connectivity index (χ2n) is 9.38. The summed E-state index contributed by atoms with van der Waals surface area (Å²) in [6.45, 7) is 8.82. The Kier molecular flexibility index (Phi) is 9.80. The lowest BCUT2D eigenvalue weighted by molar-refractivity contribution is -0.153. The van der Waals surface area contributed by atoms with Gasteiger partial charge in [0, 0.05) is 17.7 Å². The Hall–Kier alpha value is -1.83. The molecule has 0 bridgehead atoms. The maximum absolute atomic E-state index is 13.1. The van der Waals surface area contributed by atoms with Crippen molar-refractivity contribution in [1.29, 1.82) is 0 Å². The van der Waals surface area contributed by atoms with E-state index in [0.29, 0.717) is 6.42 Å². The minimum Gasteiger partial charge on any atom is -0.458 e. The summed E-state index contributed by atoms with van der Waals surface area (Å²) in [7, 11) is 0. The summed E-state index contributed by atoms with van der Waals surface area (Å²) in [5.41, 5.74) is -0.368. The first-order chi connectivity index (χ1) is 15.0. The van der Waals surface area contributed by atoms with E-state index >= 15 is 0 Å². The van der Waals surface area contributed by atoms with Gasteiger partial charge in [-0.25, -0.2) is 4.98 Å². The zero-order chi connectivity index (χ0) is 23.9. The number of rotatable bonds is 2. The Bertz CT molecular complexity index is 828. The van der Waals surface area contributed by atoms with Crippen LogP contribution in [-0.4, -0.2) is 45.3 Å². The first-order valence-corrected chi connectivity index (χ1v) is 12.3. The second-order valence-corrected chi connectivity index (χ2v) is 10.4. The van der Waals surface area contributed by atoms with Crippen LogP contribution in [0.4, 0.5) is 0 Å². The molecule has 2 rings (SSSR count). The number of esters is 1. The molecule has 7 heteroatoms. The summed E-state index contributed by atoms with van der Waals surface area (Å²) in [5.74, 6) is -1.49. The predicted octanol–water partition coefficient (Wildman–Crippen LogP) is 4.49. The van der Waals surface area contributed by atoms with Crippen LogP contribution in [0.5, 0.6) is 0 Å². The van der Waals surface area contributed by atoms with Crippen LogP contribution in [0, 0.1) is 24.2 Å². The van der Waals surface area contributed by atoms with Gasteiger partial charge in [-0.3, -0.25) is 9.59 Å².